The van der Waals surface area contributed by atoms with Crippen molar-refractivity contribution in [2.24, 2.45) is 0 Å². The van der Waals surface area contributed by atoms with Gasteiger partial charge < -0.3 is 14.4 Å². The van der Waals surface area contributed by atoms with Gasteiger partial charge in [0.15, 0.2) is 0 Å². The minimum atomic E-state index is -3.96. The molecular formula is C8H14BO6P. The maximum absolute atomic E-state index is 11.2. The summed E-state index contributed by atoms with van der Waals surface area (Å²) in [4.78, 5) is 9.17. The molecule has 0 bridgehead atoms. The van der Waals surface area contributed by atoms with Gasteiger partial charge in [-0.1, -0.05) is 0 Å². The van der Waals surface area contributed by atoms with E-state index in [2.05, 4.69) is 0 Å². The van der Waals surface area contributed by atoms with Crippen molar-refractivity contribution >= 4 is 15.7 Å². The highest BCUT2D eigenvalue weighted by Gasteiger charge is 2.55. The Labute approximate surface area is 95.2 Å². The van der Waals surface area contributed by atoms with Crippen LogP contribution in [0.3, 0.4) is 0 Å². The molecule has 2 radical (unpaired) electrons. The fourth-order valence-electron chi connectivity index (χ4n) is 1.76. The first-order valence-corrected chi connectivity index (χ1v) is 6.61. The van der Waals surface area contributed by atoms with E-state index in [-0.39, 0.29) is 12.7 Å². The topological polar surface area (TPSA) is 74.2 Å². The van der Waals surface area contributed by atoms with Gasteiger partial charge >= 0.3 is 7.82 Å². The van der Waals surface area contributed by atoms with E-state index >= 15 is 0 Å². The number of rotatable bonds is 3. The molecule has 5 unspecified atom stereocenters. The summed E-state index contributed by atoms with van der Waals surface area (Å²) < 4.78 is 31.6. The summed E-state index contributed by atoms with van der Waals surface area (Å²) in [6.07, 6.45) is -1.76. The summed E-state index contributed by atoms with van der Waals surface area (Å²) in [6.45, 7) is 4.03. The standard InChI is InChI=1S/C8H14BO6P/c1-4(2)12-3-5-6-7(8(9)13-5)15-16(10,11)14-6/h4-8H,3H2,1-2H3,(H,10,11). The molecule has 2 saturated heterocycles. The molecular weight excluding hydrogens is 234 g/mol. The summed E-state index contributed by atoms with van der Waals surface area (Å²) in [5.74, 6) is 0. The maximum Gasteiger partial charge on any atom is 0.473 e. The first-order valence-electron chi connectivity index (χ1n) is 5.11. The lowest BCUT2D eigenvalue weighted by molar-refractivity contribution is -0.0443. The smallest absolute Gasteiger partial charge is 0.377 e. The molecule has 0 aromatic carbocycles. The van der Waals surface area contributed by atoms with Crippen LogP contribution in [0, 0.1) is 0 Å². The maximum atomic E-state index is 11.2. The van der Waals surface area contributed by atoms with Crippen LogP contribution in [0.25, 0.3) is 0 Å². The number of fused-ring (bicyclic) bond motifs is 1. The molecule has 2 aliphatic heterocycles. The molecule has 2 aliphatic rings. The van der Waals surface area contributed by atoms with E-state index in [1.54, 1.807) is 0 Å². The lowest BCUT2D eigenvalue weighted by Gasteiger charge is -2.18. The lowest BCUT2D eigenvalue weighted by Crippen LogP contribution is -2.32. The second kappa shape index (κ2) is 4.40. The molecule has 0 amide bonds. The van der Waals surface area contributed by atoms with Crippen LogP contribution < -0.4 is 0 Å². The van der Waals surface area contributed by atoms with Crippen LogP contribution in [0.5, 0.6) is 0 Å². The zero-order valence-electron chi connectivity index (χ0n) is 9.11. The van der Waals surface area contributed by atoms with Gasteiger partial charge in [-0.3, -0.25) is 9.05 Å². The second-order valence-corrected chi connectivity index (χ2v) is 5.49. The van der Waals surface area contributed by atoms with Crippen molar-refractivity contribution in [1.29, 1.82) is 0 Å². The molecule has 1 N–H and O–H groups in total. The zero-order chi connectivity index (χ0) is 11.9. The Balaban J connectivity index is 1.99. The van der Waals surface area contributed by atoms with Gasteiger partial charge in [0.1, 0.15) is 26.2 Å². The molecule has 0 aromatic rings. The molecule has 5 atom stereocenters. The third-order valence-corrected chi connectivity index (χ3v) is 3.47. The fraction of sp³-hybridized carbons (Fsp3) is 1.00. The SMILES string of the molecule is [B]C1OC(COC(C)C)C2OP(=O)(O)OC12. The Hall–Kier alpha value is 0.0949. The summed E-state index contributed by atoms with van der Waals surface area (Å²) in [5, 5.41) is 0. The summed E-state index contributed by atoms with van der Waals surface area (Å²) in [7, 11) is 1.66. The largest absolute Gasteiger partial charge is 0.473 e. The Kier molecular flexibility index (Phi) is 3.45. The highest BCUT2D eigenvalue weighted by atomic mass is 31.2. The van der Waals surface area contributed by atoms with E-state index in [0.29, 0.717) is 0 Å². The van der Waals surface area contributed by atoms with E-state index in [1.807, 2.05) is 13.8 Å². The molecule has 0 saturated carbocycles. The van der Waals surface area contributed by atoms with E-state index in [4.69, 9.17) is 26.4 Å². The van der Waals surface area contributed by atoms with Crippen molar-refractivity contribution in [3.05, 3.63) is 0 Å². The predicted octanol–water partition coefficient (Wildman–Crippen LogP) is 0.189. The Bertz CT molecular complexity index is 311. The molecule has 16 heavy (non-hydrogen) atoms. The first-order chi connectivity index (χ1) is 7.39. The van der Waals surface area contributed by atoms with E-state index in [9.17, 15) is 9.46 Å². The van der Waals surface area contributed by atoms with Crippen molar-refractivity contribution in [2.75, 3.05) is 6.61 Å². The number of phosphoric ester groups is 1. The number of hydrogen-bond donors (Lipinski definition) is 1. The van der Waals surface area contributed by atoms with E-state index in [0.717, 1.165) is 0 Å². The van der Waals surface area contributed by atoms with E-state index in [1.165, 1.54) is 0 Å². The minimum absolute atomic E-state index is 0.0436. The Morgan fingerprint density at radius 1 is 1.44 bits per heavy atom. The molecule has 0 aliphatic carbocycles. The summed E-state index contributed by atoms with van der Waals surface area (Å²) in [6, 6.07) is -0.756. The van der Waals surface area contributed by atoms with Gasteiger partial charge in [0, 0.05) is 6.00 Å². The number of phosphoric acid groups is 1. The average Bonchev–Trinajstić information content (AvgIpc) is 2.59. The second-order valence-electron chi connectivity index (χ2n) is 4.13. The van der Waals surface area contributed by atoms with Crippen LogP contribution in [0.1, 0.15) is 13.8 Å². The van der Waals surface area contributed by atoms with Gasteiger partial charge in [-0.2, -0.15) is 0 Å². The van der Waals surface area contributed by atoms with Crippen LogP contribution in [0.4, 0.5) is 0 Å². The molecule has 0 spiro atoms. The quantitative estimate of drug-likeness (QED) is 0.567. The Morgan fingerprint density at radius 2 is 2.06 bits per heavy atom. The van der Waals surface area contributed by atoms with Crippen molar-refractivity contribution in [3.8, 4) is 0 Å². The monoisotopic (exact) mass is 248 g/mol. The minimum Gasteiger partial charge on any atom is -0.377 e. The molecule has 2 fully saturated rings. The average molecular weight is 248 g/mol. The Morgan fingerprint density at radius 3 is 2.69 bits per heavy atom. The summed E-state index contributed by atoms with van der Waals surface area (Å²) >= 11 is 0. The zero-order valence-corrected chi connectivity index (χ0v) is 10.0. The molecule has 8 heteroatoms. The fourth-order valence-corrected chi connectivity index (χ4v) is 2.92. The molecule has 90 valence electrons. The third kappa shape index (κ3) is 2.50. The van der Waals surface area contributed by atoms with Crippen LogP contribution in [0.15, 0.2) is 0 Å². The number of hydrogen-bond acceptors (Lipinski definition) is 5. The molecule has 6 nitrogen and oxygen atoms in total. The van der Waals surface area contributed by atoms with Crippen molar-refractivity contribution in [1.82, 2.24) is 0 Å². The van der Waals surface area contributed by atoms with Gasteiger partial charge in [-0.15, -0.1) is 0 Å². The third-order valence-electron chi connectivity index (χ3n) is 2.45. The van der Waals surface area contributed by atoms with Crippen molar-refractivity contribution < 1.29 is 28.0 Å². The van der Waals surface area contributed by atoms with Gasteiger partial charge in [0.05, 0.1) is 12.7 Å². The molecule has 0 aromatic heterocycles. The van der Waals surface area contributed by atoms with Crippen LogP contribution in [-0.2, 0) is 23.1 Å². The molecule has 2 heterocycles. The van der Waals surface area contributed by atoms with E-state index < -0.39 is 32.1 Å². The number of ether oxygens (including phenoxy) is 2. The highest BCUT2D eigenvalue weighted by Crippen LogP contribution is 2.56. The van der Waals surface area contributed by atoms with Gasteiger partial charge in [-0.05, 0) is 13.8 Å². The van der Waals surface area contributed by atoms with Gasteiger partial charge in [-0.25, -0.2) is 4.57 Å². The highest BCUT2D eigenvalue weighted by molar-refractivity contribution is 7.47. The summed E-state index contributed by atoms with van der Waals surface area (Å²) in [5.41, 5.74) is 0. The first kappa shape index (κ1) is 12.5. The van der Waals surface area contributed by atoms with Gasteiger partial charge in [0.25, 0.3) is 0 Å². The predicted molar refractivity (Wildman–Crippen MR) is 55.1 cm³/mol. The van der Waals surface area contributed by atoms with Crippen molar-refractivity contribution in [2.45, 2.75) is 44.3 Å². The van der Waals surface area contributed by atoms with Crippen LogP contribution >= 0.6 is 7.82 Å². The van der Waals surface area contributed by atoms with Crippen LogP contribution in [0.2, 0.25) is 0 Å². The van der Waals surface area contributed by atoms with Gasteiger partial charge in [0.2, 0.25) is 0 Å². The lowest BCUT2D eigenvalue weighted by atomic mass is 9.93. The molecule has 2 rings (SSSR count). The van der Waals surface area contributed by atoms with Crippen molar-refractivity contribution in [3.63, 3.8) is 0 Å². The van der Waals surface area contributed by atoms with Crippen LogP contribution in [-0.4, -0.2) is 49.8 Å². The normalized spacial score (nSPS) is 47.5.